The topological polar surface area (TPSA) is 68.7 Å². The number of hydrogen-bond donors (Lipinski definition) is 1. The van der Waals surface area contributed by atoms with Gasteiger partial charge in [0.15, 0.2) is 6.10 Å². The van der Waals surface area contributed by atoms with Crippen molar-refractivity contribution in [1.82, 2.24) is 4.98 Å². The Kier molecular flexibility index (Phi) is 5.43. The maximum atomic E-state index is 12.4. The number of thiophene rings is 1. The van der Waals surface area contributed by atoms with Crippen molar-refractivity contribution in [2.24, 2.45) is 0 Å². The summed E-state index contributed by atoms with van der Waals surface area (Å²) in [6, 6.07) is 8.24. The summed E-state index contributed by atoms with van der Waals surface area (Å²) >= 11 is 1.64. The van der Waals surface area contributed by atoms with E-state index in [1.54, 1.807) is 11.3 Å². The number of pyridine rings is 1. The lowest BCUT2D eigenvalue weighted by molar-refractivity contribution is -0.160. The molecule has 0 amide bonds. The first kappa shape index (κ1) is 21.0. The molecule has 2 aromatic heterocycles. The summed E-state index contributed by atoms with van der Waals surface area (Å²) in [6.45, 7) is 10.8. The highest BCUT2D eigenvalue weighted by molar-refractivity contribution is 7.19. The molecule has 0 saturated carbocycles. The summed E-state index contributed by atoms with van der Waals surface area (Å²) in [4.78, 5) is 19.3. The highest BCUT2D eigenvalue weighted by Crippen LogP contribution is 2.45. The monoisotopic (exact) mass is 425 g/mol. The summed E-state index contributed by atoms with van der Waals surface area (Å²) in [5.74, 6) is -1.00. The van der Waals surface area contributed by atoms with Gasteiger partial charge < -0.3 is 14.6 Å². The van der Waals surface area contributed by atoms with E-state index >= 15 is 0 Å². The Morgan fingerprint density at radius 2 is 1.93 bits per heavy atom. The Labute approximate surface area is 180 Å². The number of ether oxygens (including phenoxy) is 2. The Bertz CT molecular complexity index is 1110. The van der Waals surface area contributed by atoms with Crippen molar-refractivity contribution in [3.05, 3.63) is 51.5 Å². The first-order chi connectivity index (χ1) is 14.2. The number of carboxylic acid groups (broad SMARTS) is 1. The van der Waals surface area contributed by atoms with E-state index < -0.39 is 17.7 Å². The van der Waals surface area contributed by atoms with Crippen LogP contribution in [-0.4, -0.2) is 28.3 Å². The van der Waals surface area contributed by atoms with Crippen LogP contribution < -0.4 is 0 Å². The molecule has 1 aromatic carbocycles. The van der Waals surface area contributed by atoms with E-state index in [1.165, 1.54) is 10.4 Å². The van der Waals surface area contributed by atoms with E-state index in [1.807, 2.05) is 34.6 Å². The average Bonchev–Trinajstić information content (AvgIpc) is 3.03. The average molecular weight is 426 g/mol. The zero-order chi connectivity index (χ0) is 21.6. The van der Waals surface area contributed by atoms with Crippen LogP contribution in [0.2, 0.25) is 0 Å². The third-order valence-electron chi connectivity index (χ3n) is 5.28. The van der Waals surface area contributed by atoms with Gasteiger partial charge in [-0.2, -0.15) is 0 Å². The van der Waals surface area contributed by atoms with Crippen molar-refractivity contribution in [2.45, 2.75) is 59.4 Å². The number of hydrogen-bond acceptors (Lipinski definition) is 5. The zero-order valence-corrected chi connectivity index (χ0v) is 18.9. The lowest BCUT2D eigenvalue weighted by Crippen LogP contribution is -2.28. The predicted octanol–water partition coefficient (Wildman–Crippen LogP) is 5.59. The minimum absolute atomic E-state index is 0.582. The number of nitrogens with zero attached hydrogens (tertiary/aromatic N) is 1. The van der Waals surface area contributed by atoms with E-state index in [-0.39, 0.29) is 0 Å². The van der Waals surface area contributed by atoms with Crippen LogP contribution in [0.4, 0.5) is 0 Å². The van der Waals surface area contributed by atoms with Crippen molar-refractivity contribution in [3.8, 4) is 11.1 Å². The number of fused-ring (bicyclic) bond motifs is 3. The summed E-state index contributed by atoms with van der Waals surface area (Å²) < 4.78 is 11.7. The molecule has 0 radical (unpaired) electrons. The second-order valence-corrected chi connectivity index (χ2v) is 9.87. The molecule has 0 fully saturated rings. The van der Waals surface area contributed by atoms with E-state index in [9.17, 15) is 9.90 Å². The van der Waals surface area contributed by atoms with Gasteiger partial charge in [-0.15, -0.1) is 11.3 Å². The van der Waals surface area contributed by atoms with Gasteiger partial charge in [-0.25, -0.2) is 9.78 Å². The van der Waals surface area contributed by atoms with Gasteiger partial charge in [-0.05, 0) is 52.2 Å². The molecule has 30 heavy (non-hydrogen) atoms. The number of aromatic nitrogens is 1. The van der Waals surface area contributed by atoms with Crippen LogP contribution in [0.1, 0.15) is 54.1 Å². The van der Waals surface area contributed by atoms with Gasteiger partial charge in [0.1, 0.15) is 4.83 Å². The smallest absolute Gasteiger partial charge is 0.337 e. The van der Waals surface area contributed by atoms with Gasteiger partial charge in [0.05, 0.1) is 18.8 Å². The lowest BCUT2D eigenvalue weighted by atomic mass is 9.89. The standard InChI is InChI=1S/C24H27NO4S/c1-13-6-8-15(9-7-13)19-18(21(23(26)27)29-24(3,4)5)14(2)25-22-20(19)16-10-11-28-12-17(16)30-22/h6-9,21H,10-12H2,1-5H3,(H,26,27). The maximum absolute atomic E-state index is 12.4. The van der Waals surface area contributed by atoms with Crippen molar-refractivity contribution < 1.29 is 19.4 Å². The Balaban J connectivity index is 2.08. The normalized spacial score (nSPS) is 15.2. The first-order valence-corrected chi connectivity index (χ1v) is 11.0. The SMILES string of the molecule is Cc1ccc(-c2c(C(OC(C)(C)C)C(=O)O)c(C)nc3sc4c(c23)CCOC4)cc1. The molecule has 1 aliphatic heterocycles. The molecule has 3 aromatic rings. The molecule has 4 rings (SSSR count). The van der Waals surface area contributed by atoms with Gasteiger partial charge >= 0.3 is 5.97 Å². The molecule has 3 heterocycles. The fourth-order valence-electron chi connectivity index (χ4n) is 4.01. The predicted molar refractivity (Wildman–Crippen MR) is 119 cm³/mol. The Hall–Kier alpha value is -2.28. The maximum Gasteiger partial charge on any atom is 0.337 e. The number of aryl methyl sites for hydroxylation is 2. The van der Waals surface area contributed by atoms with Crippen molar-refractivity contribution in [2.75, 3.05) is 6.61 Å². The van der Waals surface area contributed by atoms with E-state index in [4.69, 9.17) is 14.5 Å². The molecule has 0 spiro atoms. The molecular formula is C24H27NO4S. The number of carboxylic acids is 1. The van der Waals surface area contributed by atoms with Crippen LogP contribution in [0.25, 0.3) is 21.3 Å². The van der Waals surface area contributed by atoms with Crippen LogP contribution in [0.5, 0.6) is 0 Å². The largest absolute Gasteiger partial charge is 0.479 e. The Morgan fingerprint density at radius 3 is 2.57 bits per heavy atom. The lowest BCUT2D eigenvalue weighted by Gasteiger charge is -2.28. The number of carbonyl (C=O) groups is 1. The molecule has 1 atom stereocenters. The van der Waals surface area contributed by atoms with Crippen molar-refractivity contribution in [3.63, 3.8) is 0 Å². The molecule has 0 saturated heterocycles. The molecule has 1 unspecified atom stereocenters. The minimum Gasteiger partial charge on any atom is -0.479 e. The van der Waals surface area contributed by atoms with Crippen LogP contribution in [0.15, 0.2) is 24.3 Å². The Morgan fingerprint density at radius 1 is 1.23 bits per heavy atom. The fraction of sp³-hybridized carbons (Fsp3) is 0.417. The van der Waals surface area contributed by atoms with Crippen molar-refractivity contribution >= 4 is 27.5 Å². The highest BCUT2D eigenvalue weighted by Gasteiger charge is 2.33. The summed E-state index contributed by atoms with van der Waals surface area (Å²) in [5.41, 5.74) is 5.01. The molecular weight excluding hydrogens is 398 g/mol. The van der Waals surface area contributed by atoms with Gasteiger partial charge in [0.25, 0.3) is 0 Å². The number of rotatable bonds is 4. The zero-order valence-electron chi connectivity index (χ0n) is 18.0. The quantitative estimate of drug-likeness (QED) is 0.590. The third kappa shape index (κ3) is 3.87. The molecule has 158 valence electrons. The second kappa shape index (κ2) is 7.76. The van der Waals surface area contributed by atoms with Gasteiger partial charge in [-0.3, -0.25) is 0 Å². The second-order valence-electron chi connectivity index (χ2n) is 8.79. The third-order valence-corrected chi connectivity index (χ3v) is 6.38. The number of benzene rings is 1. The summed E-state index contributed by atoms with van der Waals surface area (Å²) in [7, 11) is 0. The highest BCUT2D eigenvalue weighted by atomic mass is 32.1. The molecule has 6 heteroatoms. The first-order valence-electron chi connectivity index (χ1n) is 10.2. The van der Waals surface area contributed by atoms with E-state index in [0.29, 0.717) is 24.5 Å². The van der Waals surface area contributed by atoms with Crippen molar-refractivity contribution in [1.29, 1.82) is 0 Å². The van der Waals surface area contributed by atoms with Crippen LogP contribution in [0.3, 0.4) is 0 Å². The van der Waals surface area contributed by atoms with Crippen LogP contribution >= 0.6 is 11.3 Å². The molecule has 0 bridgehead atoms. The number of aliphatic carboxylic acids is 1. The van der Waals surface area contributed by atoms with Gasteiger partial charge in [0.2, 0.25) is 0 Å². The fourth-order valence-corrected chi connectivity index (χ4v) is 5.22. The summed E-state index contributed by atoms with van der Waals surface area (Å²) in [5, 5.41) is 11.2. The van der Waals surface area contributed by atoms with E-state index in [0.717, 1.165) is 33.3 Å². The van der Waals surface area contributed by atoms with Gasteiger partial charge in [0, 0.05) is 27.1 Å². The molecule has 1 N–H and O–H groups in total. The summed E-state index contributed by atoms with van der Waals surface area (Å²) in [6.07, 6.45) is -0.301. The molecule has 1 aliphatic rings. The molecule has 5 nitrogen and oxygen atoms in total. The van der Waals surface area contributed by atoms with Crippen LogP contribution in [-0.2, 0) is 27.3 Å². The van der Waals surface area contributed by atoms with E-state index in [2.05, 4.69) is 24.3 Å². The van der Waals surface area contributed by atoms with Crippen LogP contribution in [0, 0.1) is 13.8 Å². The van der Waals surface area contributed by atoms with Gasteiger partial charge in [-0.1, -0.05) is 29.8 Å². The molecule has 0 aliphatic carbocycles. The minimum atomic E-state index is -1.10.